The Hall–Kier alpha value is -2.11. The van der Waals surface area contributed by atoms with Gasteiger partial charge >= 0.3 is 0 Å². The van der Waals surface area contributed by atoms with Crippen molar-refractivity contribution in [2.24, 2.45) is 5.92 Å². The predicted octanol–water partition coefficient (Wildman–Crippen LogP) is 2.73. The van der Waals surface area contributed by atoms with Gasteiger partial charge in [-0.2, -0.15) is 0 Å². The molecule has 0 saturated carbocycles. The van der Waals surface area contributed by atoms with E-state index in [2.05, 4.69) is 5.32 Å². The van der Waals surface area contributed by atoms with E-state index in [1.165, 1.54) is 6.26 Å². The van der Waals surface area contributed by atoms with Crippen LogP contribution in [-0.2, 0) is 11.3 Å². The summed E-state index contributed by atoms with van der Waals surface area (Å²) in [6.07, 6.45) is 3.28. The van der Waals surface area contributed by atoms with Crippen LogP contribution in [0, 0.1) is 5.92 Å². The minimum atomic E-state index is -0.809. The van der Waals surface area contributed by atoms with Gasteiger partial charge in [0.1, 0.15) is 11.9 Å². The first-order valence-electron chi connectivity index (χ1n) is 8.96. The van der Waals surface area contributed by atoms with Gasteiger partial charge < -0.3 is 19.7 Å². The van der Waals surface area contributed by atoms with Crippen molar-refractivity contribution < 1.29 is 14.3 Å². The van der Waals surface area contributed by atoms with Crippen LogP contribution < -0.4 is 5.32 Å². The molecule has 0 aliphatic carbocycles. The van der Waals surface area contributed by atoms with Crippen LogP contribution in [0.5, 0.6) is 0 Å². The number of carbonyl (C=O) groups excluding carboxylic acids is 1. The third-order valence-corrected chi connectivity index (χ3v) is 4.76. The van der Waals surface area contributed by atoms with Crippen LogP contribution in [0.4, 0.5) is 0 Å². The maximum atomic E-state index is 12.8. The van der Waals surface area contributed by atoms with Crippen LogP contribution in [0.25, 0.3) is 0 Å². The van der Waals surface area contributed by atoms with Crippen molar-refractivity contribution in [2.45, 2.75) is 31.9 Å². The van der Waals surface area contributed by atoms with Crippen molar-refractivity contribution >= 4 is 5.91 Å². The molecular weight excluding hydrogens is 316 g/mol. The van der Waals surface area contributed by atoms with Gasteiger partial charge in [-0.1, -0.05) is 30.3 Å². The monoisotopic (exact) mass is 342 g/mol. The molecule has 1 aromatic heterocycles. The topological polar surface area (TPSA) is 65.7 Å². The first kappa shape index (κ1) is 17.7. The second-order valence-corrected chi connectivity index (χ2v) is 6.69. The number of nitrogens with one attached hydrogen (secondary N) is 1. The SMILES string of the molecule is O=C(CCC1CCNC1)N(Cc1ccccc1)CC(O)c1ccco1. The number of aliphatic hydroxyl groups is 1. The highest BCUT2D eigenvalue weighted by atomic mass is 16.4. The van der Waals surface area contributed by atoms with Gasteiger partial charge in [0.2, 0.25) is 5.91 Å². The van der Waals surface area contributed by atoms with Gasteiger partial charge in [0, 0.05) is 13.0 Å². The number of benzene rings is 1. The Bertz CT molecular complexity index is 636. The lowest BCUT2D eigenvalue weighted by molar-refractivity contribution is -0.133. The number of nitrogens with zero attached hydrogens (tertiary/aromatic N) is 1. The number of aliphatic hydroxyl groups excluding tert-OH is 1. The zero-order chi connectivity index (χ0) is 17.5. The van der Waals surface area contributed by atoms with Crippen LogP contribution in [0.2, 0.25) is 0 Å². The number of amides is 1. The van der Waals surface area contributed by atoms with E-state index < -0.39 is 6.10 Å². The molecule has 1 aliphatic rings. The summed E-state index contributed by atoms with van der Waals surface area (Å²) in [5, 5.41) is 13.7. The van der Waals surface area contributed by atoms with E-state index >= 15 is 0 Å². The molecule has 134 valence electrons. The Labute approximate surface area is 148 Å². The maximum Gasteiger partial charge on any atom is 0.222 e. The molecule has 1 fully saturated rings. The summed E-state index contributed by atoms with van der Waals surface area (Å²) in [6.45, 7) is 2.79. The van der Waals surface area contributed by atoms with E-state index in [9.17, 15) is 9.90 Å². The third-order valence-electron chi connectivity index (χ3n) is 4.76. The van der Waals surface area contributed by atoms with Crippen LogP contribution in [-0.4, -0.2) is 35.5 Å². The lowest BCUT2D eigenvalue weighted by Gasteiger charge is -2.25. The molecule has 1 amide bonds. The molecule has 2 aromatic rings. The van der Waals surface area contributed by atoms with E-state index in [0.717, 1.165) is 31.5 Å². The minimum absolute atomic E-state index is 0.0846. The van der Waals surface area contributed by atoms with Crippen LogP contribution >= 0.6 is 0 Å². The first-order chi connectivity index (χ1) is 12.2. The summed E-state index contributed by atoms with van der Waals surface area (Å²) in [5.74, 6) is 1.16. The average Bonchev–Trinajstić information content (AvgIpc) is 3.33. The molecule has 2 N–H and O–H groups in total. The fourth-order valence-corrected chi connectivity index (χ4v) is 3.28. The molecular formula is C20H26N2O3. The van der Waals surface area contributed by atoms with Gasteiger partial charge in [-0.3, -0.25) is 4.79 Å². The molecule has 1 aliphatic heterocycles. The molecule has 1 saturated heterocycles. The summed E-state index contributed by atoms with van der Waals surface area (Å²) in [4.78, 5) is 14.5. The Morgan fingerprint density at radius 3 is 2.80 bits per heavy atom. The third kappa shape index (κ3) is 5.18. The zero-order valence-electron chi connectivity index (χ0n) is 14.4. The number of hydrogen-bond donors (Lipinski definition) is 2. The Kier molecular flexibility index (Phi) is 6.25. The summed E-state index contributed by atoms with van der Waals surface area (Å²) in [7, 11) is 0. The van der Waals surface area contributed by atoms with Crippen molar-refractivity contribution in [3.63, 3.8) is 0 Å². The molecule has 2 heterocycles. The lowest BCUT2D eigenvalue weighted by atomic mass is 10.0. The predicted molar refractivity (Wildman–Crippen MR) is 95.7 cm³/mol. The van der Waals surface area contributed by atoms with Crippen molar-refractivity contribution in [3.05, 3.63) is 60.1 Å². The highest BCUT2D eigenvalue weighted by Crippen LogP contribution is 2.19. The van der Waals surface area contributed by atoms with Crippen molar-refractivity contribution in [2.75, 3.05) is 19.6 Å². The quantitative estimate of drug-likeness (QED) is 0.774. The molecule has 0 radical (unpaired) electrons. The van der Waals surface area contributed by atoms with Gasteiger partial charge in [0.15, 0.2) is 0 Å². The lowest BCUT2D eigenvalue weighted by Crippen LogP contribution is -2.34. The molecule has 5 nitrogen and oxygen atoms in total. The van der Waals surface area contributed by atoms with Crippen molar-refractivity contribution in [1.82, 2.24) is 10.2 Å². The van der Waals surface area contributed by atoms with Crippen LogP contribution in [0.1, 0.15) is 36.7 Å². The minimum Gasteiger partial charge on any atom is -0.467 e. The van der Waals surface area contributed by atoms with Crippen LogP contribution in [0.3, 0.4) is 0 Å². The molecule has 2 unspecified atom stereocenters. The maximum absolute atomic E-state index is 12.8. The van der Waals surface area contributed by atoms with E-state index in [1.807, 2.05) is 30.3 Å². The number of furan rings is 1. The summed E-state index contributed by atoms with van der Waals surface area (Å²) in [5.41, 5.74) is 1.06. The van der Waals surface area contributed by atoms with Gasteiger partial charge in [-0.05, 0) is 49.5 Å². The van der Waals surface area contributed by atoms with E-state index in [0.29, 0.717) is 24.6 Å². The smallest absolute Gasteiger partial charge is 0.222 e. The molecule has 2 atom stereocenters. The fraction of sp³-hybridized carbons (Fsp3) is 0.450. The second kappa shape index (κ2) is 8.83. The van der Waals surface area contributed by atoms with Gasteiger partial charge in [-0.15, -0.1) is 0 Å². The van der Waals surface area contributed by atoms with Gasteiger partial charge in [-0.25, -0.2) is 0 Å². The Morgan fingerprint density at radius 1 is 1.28 bits per heavy atom. The Morgan fingerprint density at radius 2 is 2.12 bits per heavy atom. The highest BCUT2D eigenvalue weighted by molar-refractivity contribution is 5.76. The number of carbonyl (C=O) groups is 1. The highest BCUT2D eigenvalue weighted by Gasteiger charge is 2.22. The van der Waals surface area contributed by atoms with E-state index in [-0.39, 0.29) is 12.5 Å². The number of hydrogen-bond acceptors (Lipinski definition) is 4. The van der Waals surface area contributed by atoms with Gasteiger partial charge in [0.25, 0.3) is 0 Å². The van der Waals surface area contributed by atoms with Crippen LogP contribution in [0.15, 0.2) is 53.1 Å². The summed E-state index contributed by atoms with van der Waals surface area (Å²) in [6, 6.07) is 13.4. The molecule has 25 heavy (non-hydrogen) atoms. The largest absolute Gasteiger partial charge is 0.467 e. The second-order valence-electron chi connectivity index (χ2n) is 6.69. The standard InChI is InChI=1S/C20H26N2O3/c23-18(19-7-4-12-25-19)15-22(14-17-5-2-1-3-6-17)20(24)9-8-16-10-11-21-13-16/h1-7,12,16,18,21,23H,8-11,13-15H2. The van der Waals surface area contributed by atoms with Gasteiger partial charge in [0.05, 0.1) is 12.8 Å². The average molecular weight is 342 g/mol. The fourth-order valence-electron chi connectivity index (χ4n) is 3.28. The summed E-state index contributed by atoms with van der Waals surface area (Å²) < 4.78 is 5.27. The molecule has 5 heteroatoms. The molecule has 0 spiro atoms. The first-order valence-corrected chi connectivity index (χ1v) is 8.96. The normalized spacial score (nSPS) is 18.2. The number of rotatable bonds is 8. The molecule has 3 rings (SSSR count). The molecule has 1 aromatic carbocycles. The molecule has 0 bridgehead atoms. The van der Waals surface area contributed by atoms with E-state index in [4.69, 9.17) is 4.42 Å². The zero-order valence-corrected chi connectivity index (χ0v) is 14.4. The van der Waals surface area contributed by atoms with Crippen molar-refractivity contribution in [1.29, 1.82) is 0 Å². The van der Waals surface area contributed by atoms with E-state index in [1.54, 1.807) is 17.0 Å². The van der Waals surface area contributed by atoms with Crippen molar-refractivity contribution in [3.8, 4) is 0 Å². The Balaban J connectivity index is 1.63. The summed E-state index contributed by atoms with van der Waals surface area (Å²) >= 11 is 0.